The van der Waals surface area contributed by atoms with E-state index in [0.29, 0.717) is 23.4 Å². The Morgan fingerprint density at radius 2 is 2.00 bits per heavy atom. The van der Waals surface area contributed by atoms with Gasteiger partial charge in [0.25, 0.3) is 5.91 Å². The van der Waals surface area contributed by atoms with Crippen molar-refractivity contribution in [3.05, 3.63) is 58.1 Å². The maximum Gasteiger partial charge on any atom is 0.260 e. The number of sulfonamides is 1. The van der Waals surface area contributed by atoms with Crippen LogP contribution in [0.2, 0.25) is 0 Å². The number of hydrazone groups is 1. The highest BCUT2D eigenvalue weighted by molar-refractivity contribution is 9.10. The van der Waals surface area contributed by atoms with Gasteiger partial charge >= 0.3 is 0 Å². The smallest absolute Gasteiger partial charge is 0.260 e. The van der Waals surface area contributed by atoms with Crippen LogP contribution in [0.5, 0.6) is 5.75 Å². The van der Waals surface area contributed by atoms with Crippen LogP contribution in [0.15, 0.2) is 52.0 Å². The summed E-state index contributed by atoms with van der Waals surface area (Å²) in [7, 11) is -2.11. The number of amides is 1. The number of carbonyl (C=O) groups is 1. The quantitative estimate of drug-likeness (QED) is 0.477. The lowest BCUT2D eigenvalue weighted by atomic mass is 10.1. The first kappa shape index (κ1) is 21.9. The van der Waals surface area contributed by atoms with Crippen molar-refractivity contribution in [3.8, 4) is 5.75 Å². The molecule has 0 aliphatic heterocycles. The molecule has 0 heterocycles. The first-order chi connectivity index (χ1) is 13.3. The van der Waals surface area contributed by atoms with Gasteiger partial charge in [-0.15, -0.1) is 0 Å². The Bertz CT molecular complexity index is 977. The number of hydrogen-bond donors (Lipinski definition) is 1. The molecule has 0 atom stereocenters. The molecule has 9 heteroatoms. The third-order valence-corrected chi connectivity index (χ3v) is 5.53. The molecule has 0 spiro atoms. The minimum atomic E-state index is -3.64. The molecule has 0 aromatic heterocycles. The van der Waals surface area contributed by atoms with E-state index in [9.17, 15) is 13.2 Å². The van der Waals surface area contributed by atoms with Crippen LogP contribution in [0, 0.1) is 0 Å². The van der Waals surface area contributed by atoms with Crippen LogP contribution in [-0.4, -0.2) is 40.4 Å². The normalized spacial score (nSPS) is 11.4. The second-order valence-corrected chi connectivity index (χ2v) is 8.75. The number of nitrogens with one attached hydrogen (secondary N) is 1. The maximum absolute atomic E-state index is 12.3. The Morgan fingerprint density at radius 1 is 1.29 bits per heavy atom. The van der Waals surface area contributed by atoms with E-state index in [2.05, 4.69) is 26.5 Å². The second kappa shape index (κ2) is 9.70. The molecule has 0 unspecified atom stereocenters. The van der Waals surface area contributed by atoms with Crippen molar-refractivity contribution >= 4 is 43.8 Å². The molecule has 1 N–H and O–H groups in total. The van der Waals surface area contributed by atoms with Gasteiger partial charge in [0.05, 0.1) is 25.3 Å². The van der Waals surface area contributed by atoms with E-state index in [1.165, 1.54) is 13.3 Å². The average molecular weight is 468 g/mol. The zero-order chi connectivity index (χ0) is 20.7. The summed E-state index contributed by atoms with van der Waals surface area (Å²) in [4.78, 5) is 12.3. The molecule has 150 valence electrons. The van der Waals surface area contributed by atoms with Gasteiger partial charge < -0.3 is 4.74 Å². The largest absolute Gasteiger partial charge is 0.496 e. The van der Waals surface area contributed by atoms with E-state index >= 15 is 0 Å². The van der Waals surface area contributed by atoms with Gasteiger partial charge in [-0.2, -0.15) is 5.10 Å². The molecule has 1 amide bonds. The van der Waals surface area contributed by atoms with Crippen molar-refractivity contribution in [3.63, 3.8) is 0 Å². The molecule has 0 saturated carbocycles. The van der Waals surface area contributed by atoms with Crippen molar-refractivity contribution in [2.45, 2.75) is 13.3 Å². The molecule has 7 nitrogen and oxygen atoms in total. The van der Waals surface area contributed by atoms with E-state index in [1.807, 2.05) is 25.1 Å². The van der Waals surface area contributed by atoms with Gasteiger partial charge in [-0.05, 0) is 36.2 Å². The van der Waals surface area contributed by atoms with Gasteiger partial charge in [0.15, 0.2) is 0 Å². The fourth-order valence-corrected chi connectivity index (χ4v) is 3.85. The zero-order valence-electron chi connectivity index (χ0n) is 15.8. The van der Waals surface area contributed by atoms with E-state index in [0.717, 1.165) is 20.6 Å². The number of aryl methyl sites for hydroxylation is 1. The van der Waals surface area contributed by atoms with Crippen LogP contribution in [-0.2, 0) is 21.2 Å². The molecule has 28 heavy (non-hydrogen) atoms. The number of hydrogen-bond acceptors (Lipinski definition) is 5. The van der Waals surface area contributed by atoms with Gasteiger partial charge in [0.2, 0.25) is 10.0 Å². The Balaban J connectivity index is 2.16. The highest BCUT2D eigenvalue weighted by Gasteiger charge is 2.22. The molecule has 0 aliphatic rings. The fraction of sp³-hybridized carbons (Fsp3) is 0.263. The number of ether oxygens (including phenoxy) is 1. The first-order valence-electron chi connectivity index (χ1n) is 8.47. The van der Waals surface area contributed by atoms with Crippen molar-refractivity contribution in [1.82, 2.24) is 5.43 Å². The van der Waals surface area contributed by atoms with Gasteiger partial charge in [-0.3, -0.25) is 9.10 Å². The summed E-state index contributed by atoms with van der Waals surface area (Å²) in [6, 6.07) is 12.5. The van der Waals surface area contributed by atoms with Crippen molar-refractivity contribution < 1.29 is 17.9 Å². The average Bonchev–Trinajstić information content (AvgIpc) is 2.65. The molecule has 2 aromatic rings. The Hall–Kier alpha value is -2.39. The van der Waals surface area contributed by atoms with Gasteiger partial charge in [0.1, 0.15) is 12.3 Å². The van der Waals surface area contributed by atoms with E-state index in [1.54, 1.807) is 24.3 Å². The third kappa shape index (κ3) is 5.80. The monoisotopic (exact) mass is 467 g/mol. The van der Waals surface area contributed by atoms with E-state index in [-0.39, 0.29) is 6.54 Å². The van der Waals surface area contributed by atoms with Crippen LogP contribution in [0.4, 0.5) is 5.69 Å². The van der Waals surface area contributed by atoms with E-state index < -0.39 is 15.9 Å². The molecule has 0 fully saturated rings. The van der Waals surface area contributed by atoms with Crippen LogP contribution in [0.1, 0.15) is 18.1 Å². The highest BCUT2D eigenvalue weighted by atomic mass is 79.9. The van der Waals surface area contributed by atoms with E-state index in [4.69, 9.17) is 4.74 Å². The second-order valence-electron chi connectivity index (χ2n) is 5.93. The zero-order valence-corrected chi connectivity index (χ0v) is 18.2. The molecule has 2 aromatic carbocycles. The van der Waals surface area contributed by atoms with Crippen molar-refractivity contribution in [1.29, 1.82) is 0 Å². The molecule has 0 radical (unpaired) electrons. The minimum absolute atomic E-state index is 0.372. The number of rotatable bonds is 8. The minimum Gasteiger partial charge on any atom is -0.496 e. The lowest BCUT2D eigenvalue weighted by Gasteiger charge is -2.23. The molecular formula is C19H22BrN3O4S. The van der Waals surface area contributed by atoms with Crippen LogP contribution in [0.25, 0.3) is 0 Å². The van der Waals surface area contributed by atoms with Crippen LogP contribution < -0.4 is 14.5 Å². The molecule has 0 aliphatic carbocycles. The number of anilines is 1. The summed E-state index contributed by atoms with van der Waals surface area (Å²) in [6.07, 6.45) is 3.15. The summed E-state index contributed by atoms with van der Waals surface area (Å²) >= 11 is 3.36. The first-order valence-corrected chi connectivity index (χ1v) is 11.1. The third-order valence-electron chi connectivity index (χ3n) is 3.91. The highest BCUT2D eigenvalue weighted by Crippen LogP contribution is 2.23. The summed E-state index contributed by atoms with van der Waals surface area (Å²) in [6.45, 7) is 1.55. The maximum atomic E-state index is 12.3. The van der Waals surface area contributed by atoms with Gasteiger partial charge in [-0.1, -0.05) is 41.1 Å². The number of nitrogens with zero attached hydrogens (tertiary/aromatic N) is 2. The number of carbonyl (C=O) groups excluding carboxylic acids is 1. The van der Waals surface area contributed by atoms with Crippen LogP contribution >= 0.6 is 15.9 Å². The Kier molecular flexibility index (Phi) is 7.59. The summed E-state index contributed by atoms with van der Waals surface area (Å²) in [5.41, 5.74) is 4.35. The molecule has 0 saturated heterocycles. The SMILES string of the molecule is CCc1ccccc1N(CC(=O)N/N=C\c1cc(Br)ccc1OC)S(C)(=O)=O. The topological polar surface area (TPSA) is 88.1 Å². The summed E-state index contributed by atoms with van der Waals surface area (Å²) in [5, 5.41) is 3.92. The lowest BCUT2D eigenvalue weighted by molar-refractivity contribution is -0.119. The molecular weight excluding hydrogens is 446 g/mol. The van der Waals surface area contributed by atoms with Gasteiger partial charge in [0, 0.05) is 10.0 Å². The predicted molar refractivity (Wildman–Crippen MR) is 114 cm³/mol. The fourth-order valence-electron chi connectivity index (χ4n) is 2.58. The number of para-hydroxylation sites is 1. The summed E-state index contributed by atoms with van der Waals surface area (Å²) in [5.74, 6) is 0.0392. The Morgan fingerprint density at radius 3 is 2.64 bits per heavy atom. The predicted octanol–water partition coefficient (Wildman–Crippen LogP) is 2.94. The standard InChI is InChI=1S/C19H22BrN3O4S/c1-4-14-7-5-6-8-17(14)23(28(3,25)26)13-19(24)22-21-12-15-11-16(20)9-10-18(15)27-2/h5-12H,4,13H2,1-3H3,(H,22,24)/b21-12-. The lowest BCUT2D eigenvalue weighted by Crippen LogP contribution is -2.39. The Labute approximate surface area is 173 Å². The number of halogens is 1. The van der Waals surface area contributed by atoms with Crippen molar-refractivity contribution in [2.75, 3.05) is 24.2 Å². The summed E-state index contributed by atoms with van der Waals surface area (Å²) < 4.78 is 31.6. The van der Waals surface area contributed by atoms with Crippen LogP contribution in [0.3, 0.4) is 0 Å². The number of benzene rings is 2. The number of methoxy groups -OCH3 is 1. The molecule has 2 rings (SSSR count). The molecule has 0 bridgehead atoms. The van der Waals surface area contributed by atoms with Gasteiger partial charge in [-0.25, -0.2) is 13.8 Å². The van der Waals surface area contributed by atoms with Crippen molar-refractivity contribution in [2.24, 2.45) is 5.10 Å².